The molecule has 4 nitrogen and oxygen atoms in total. The van der Waals surface area contributed by atoms with Crippen molar-refractivity contribution in [2.24, 2.45) is 0 Å². The van der Waals surface area contributed by atoms with Crippen molar-refractivity contribution in [1.29, 1.82) is 0 Å². The predicted molar refractivity (Wildman–Crippen MR) is 81.0 cm³/mol. The summed E-state index contributed by atoms with van der Waals surface area (Å²) in [7, 11) is 0. The van der Waals surface area contributed by atoms with Crippen LogP contribution in [0.2, 0.25) is 0 Å². The molecule has 1 aromatic heterocycles. The van der Waals surface area contributed by atoms with Crippen LogP contribution < -0.4 is 10.1 Å². The quantitative estimate of drug-likeness (QED) is 0.776. The Morgan fingerprint density at radius 3 is 3.00 bits per heavy atom. The lowest BCUT2D eigenvalue weighted by atomic mass is 10.2. The highest BCUT2D eigenvalue weighted by molar-refractivity contribution is 5.84. The zero-order valence-electron chi connectivity index (χ0n) is 11.9. The second-order valence-corrected chi connectivity index (χ2v) is 4.80. The molecular formula is C16H22N2O2. The SMILES string of the molecule is CCCNC(CCO)COc1cccc2ncccc12. The fraction of sp³-hybridized carbons (Fsp3) is 0.438. The van der Waals surface area contributed by atoms with Gasteiger partial charge in [0.05, 0.1) is 5.52 Å². The van der Waals surface area contributed by atoms with E-state index in [4.69, 9.17) is 9.84 Å². The largest absolute Gasteiger partial charge is 0.491 e. The summed E-state index contributed by atoms with van der Waals surface area (Å²) in [5, 5.41) is 13.5. The Morgan fingerprint density at radius 1 is 1.30 bits per heavy atom. The van der Waals surface area contributed by atoms with Crippen molar-refractivity contribution in [3.8, 4) is 5.75 Å². The first-order valence-electron chi connectivity index (χ1n) is 7.16. The molecule has 0 aliphatic carbocycles. The van der Waals surface area contributed by atoms with Crippen molar-refractivity contribution >= 4 is 10.9 Å². The number of ether oxygens (including phenoxy) is 1. The van der Waals surface area contributed by atoms with Gasteiger partial charge in [-0.3, -0.25) is 4.98 Å². The zero-order valence-corrected chi connectivity index (χ0v) is 11.9. The number of hydrogen-bond donors (Lipinski definition) is 2. The molecule has 0 radical (unpaired) electrons. The normalized spacial score (nSPS) is 12.5. The minimum Gasteiger partial charge on any atom is -0.491 e. The Hall–Kier alpha value is -1.65. The minimum atomic E-state index is 0.168. The van der Waals surface area contributed by atoms with Crippen molar-refractivity contribution in [2.75, 3.05) is 19.8 Å². The Morgan fingerprint density at radius 2 is 2.20 bits per heavy atom. The van der Waals surface area contributed by atoms with E-state index in [1.807, 2.05) is 30.3 Å². The van der Waals surface area contributed by atoms with Gasteiger partial charge in [0.1, 0.15) is 12.4 Å². The lowest BCUT2D eigenvalue weighted by molar-refractivity contribution is 0.215. The van der Waals surface area contributed by atoms with E-state index in [1.165, 1.54) is 0 Å². The first-order chi connectivity index (χ1) is 9.85. The predicted octanol–water partition coefficient (Wildman–Crippen LogP) is 2.36. The molecule has 1 atom stereocenters. The number of hydrogen-bond acceptors (Lipinski definition) is 4. The molecule has 0 saturated heterocycles. The number of fused-ring (bicyclic) bond motifs is 1. The molecule has 1 aromatic carbocycles. The van der Waals surface area contributed by atoms with Crippen molar-refractivity contribution in [1.82, 2.24) is 10.3 Å². The van der Waals surface area contributed by atoms with Crippen LogP contribution in [0.5, 0.6) is 5.75 Å². The third-order valence-corrected chi connectivity index (χ3v) is 3.21. The van der Waals surface area contributed by atoms with E-state index in [1.54, 1.807) is 6.20 Å². The van der Waals surface area contributed by atoms with Crippen LogP contribution in [0.15, 0.2) is 36.5 Å². The van der Waals surface area contributed by atoms with Crippen LogP contribution in [0.25, 0.3) is 10.9 Å². The van der Waals surface area contributed by atoms with Crippen LogP contribution in [0.3, 0.4) is 0 Å². The number of rotatable bonds is 8. The Balaban J connectivity index is 2.03. The highest BCUT2D eigenvalue weighted by Gasteiger charge is 2.09. The number of nitrogens with one attached hydrogen (secondary N) is 1. The molecule has 0 spiro atoms. The van der Waals surface area contributed by atoms with Gasteiger partial charge in [-0.2, -0.15) is 0 Å². The molecule has 20 heavy (non-hydrogen) atoms. The molecule has 0 bridgehead atoms. The minimum absolute atomic E-state index is 0.168. The summed E-state index contributed by atoms with van der Waals surface area (Å²) < 4.78 is 5.92. The van der Waals surface area contributed by atoms with Crippen LogP contribution in [0.1, 0.15) is 19.8 Å². The van der Waals surface area contributed by atoms with Gasteiger partial charge < -0.3 is 15.2 Å². The summed E-state index contributed by atoms with van der Waals surface area (Å²) in [6.45, 7) is 3.78. The van der Waals surface area contributed by atoms with E-state index in [-0.39, 0.29) is 12.6 Å². The third kappa shape index (κ3) is 3.92. The number of benzene rings is 1. The van der Waals surface area contributed by atoms with Gasteiger partial charge in [-0.15, -0.1) is 0 Å². The first kappa shape index (κ1) is 14.8. The molecule has 108 valence electrons. The third-order valence-electron chi connectivity index (χ3n) is 3.21. The maximum absolute atomic E-state index is 9.10. The summed E-state index contributed by atoms with van der Waals surface area (Å²) in [5.74, 6) is 0.844. The van der Waals surface area contributed by atoms with Crippen molar-refractivity contribution < 1.29 is 9.84 Å². The molecule has 0 saturated carbocycles. The number of pyridine rings is 1. The number of aromatic nitrogens is 1. The molecule has 2 rings (SSSR count). The second-order valence-electron chi connectivity index (χ2n) is 4.80. The Bertz CT molecular complexity index is 525. The van der Waals surface area contributed by atoms with Gasteiger partial charge in [0.25, 0.3) is 0 Å². The number of aliphatic hydroxyl groups is 1. The van der Waals surface area contributed by atoms with Gasteiger partial charge in [0.15, 0.2) is 0 Å². The van der Waals surface area contributed by atoms with Gasteiger partial charge in [0.2, 0.25) is 0 Å². The summed E-state index contributed by atoms with van der Waals surface area (Å²) in [4.78, 5) is 4.32. The van der Waals surface area contributed by atoms with Crippen LogP contribution in [0, 0.1) is 0 Å². The first-order valence-corrected chi connectivity index (χ1v) is 7.16. The van der Waals surface area contributed by atoms with E-state index < -0.39 is 0 Å². The smallest absolute Gasteiger partial charge is 0.128 e. The van der Waals surface area contributed by atoms with E-state index >= 15 is 0 Å². The lowest BCUT2D eigenvalue weighted by Gasteiger charge is -2.18. The van der Waals surface area contributed by atoms with Gasteiger partial charge in [-0.05, 0) is 43.7 Å². The summed E-state index contributed by atoms with van der Waals surface area (Å²) in [6, 6.07) is 9.98. The molecule has 0 fully saturated rings. The van der Waals surface area contributed by atoms with Crippen LogP contribution >= 0.6 is 0 Å². The van der Waals surface area contributed by atoms with Gasteiger partial charge >= 0.3 is 0 Å². The van der Waals surface area contributed by atoms with Crippen molar-refractivity contribution in [3.05, 3.63) is 36.5 Å². The van der Waals surface area contributed by atoms with Gasteiger partial charge in [-0.1, -0.05) is 13.0 Å². The van der Waals surface area contributed by atoms with Crippen molar-refractivity contribution in [2.45, 2.75) is 25.8 Å². The maximum Gasteiger partial charge on any atom is 0.128 e. The van der Waals surface area contributed by atoms with Crippen molar-refractivity contribution in [3.63, 3.8) is 0 Å². The highest BCUT2D eigenvalue weighted by atomic mass is 16.5. The standard InChI is InChI=1S/C16H22N2O2/c1-2-9-17-13(8-11-19)12-20-16-7-3-6-15-14(16)5-4-10-18-15/h3-7,10,13,17,19H,2,8-9,11-12H2,1H3. The second kappa shape index (κ2) is 7.82. The Kier molecular flexibility index (Phi) is 5.77. The summed E-state index contributed by atoms with van der Waals surface area (Å²) in [6.07, 6.45) is 3.55. The average molecular weight is 274 g/mol. The molecule has 4 heteroatoms. The topological polar surface area (TPSA) is 54.4 Å². The molecule has 1 heterocycles. The fourth-order valence-electron chi connectivity index (χ4n) is 2.14. The molecule has 1 unspecified atom stereocenters. The molecule has 2 N–H and O–H groups in total. The summed E-state index contributed by atoms with van der Waals surface area (Å²) in [5.41, 5.74) is 0.935. The van der Waals surface area contributed by atoms with Crippen LogP contribution in [-0.4, -0.2) is 35.9 Å². The lowest BCUT2D eigenvalue weighted by Crippen LogP contribution is -2.36. The molecule has 0 aliphatic rings. The molecule has 0 amide bonds. The monoisotopic (exact) mass is 274 g/mol. The highest BCUT2D eigenvalue weighted by Crippen LogP contribution is 2.23. The number of aliphatic hydroxyl groups excluding tert-OH is 1. The molecule has 2 aromatic rings. The molecular weight excluding hydrogens is 252 g/mol. The van der Waals surface area contributed by atoms with Crippen LogP contribution in [-0.2, 0) is 0 Å². The zero-order chi connectivity index (χ0) is 14.2. The average Bonchev–Trinajstić information content (AvgIpc) is 2.50. The maximum atomic E-state index is 9.10. The fourth-order valence-corrected chi connectivity index (χ4v) is 2.14. The van der Waals surface area contributed by atoms with Crippen LogP contribution in [0.4, 0.5) is 0 Å². The van der Waals surface area contributed by atoms with E-state index in [9.17, 15) is 0 Å². The van der Waals surface area contributed by atoms with E-state index in [0.717, 1.165) is 29.6 Å². The van der Waals surface area contributed by atoms with E-state index in [0.29, 0.717) is 13.0 Å². The molecule has 0 aliphatic heterocycles. The Labute approximate surface area is 119 Å². The van der Waals surface area contributed by atoms with Gasteiger partial charge in [0, 0.05) is 24.2 Å². The van der Waals surface area contributed by atoms with E-state index in [2.05, 4.69) is 17.2 Å². The van der Waals surface area contributed by atoms with Gasteiger partial charge in [-0.25, -0.2) is 0 Å². The summed E-state index contributed by atoms with van der Waals surface area (Å²) >= 11 is 0. The number of nitrogens with zero attached hydrogens (tertiary/aromatic N) is 1.